The van der Waals surface area contributed by atoms with Crippen molar-refractivity contribution in [1.82, 2.24) is 0 Å². The molecule has 2 nitrogen and oxygen atoms in total. The minimum atomic E-state index is -0.549. The smallest absolute Gasteiger partial charge is 0.0801 e. The third-order valence-electron chi connectivity index (χ3n) is 1.87. The Balaban J connectivity index is 3.68. The van der Waals surface area contributed by atoms with E-state index in [4.69, 9.17) is 0 Å². The number of hydrogen-bond donors (Lipinski definition) is 2. The number of hydrogen-bond acceptors (Lipinski definition) is 2. The van der Waals surface area contributed by atoms with Crippen molar-refractivity contribution < 1.29 is 10.2 Å². The molecule has 0 fully saturated rings. The second-order valence-electron chi connectivity index (χ2n) is 4.39. The zero-order valence-electron chi connectivity index (χ0n) is 8.62. The van der Waals surface area contributed by atoms with E-state index < -0.39 is 12.2 Å². The van der Waals surface area contributed by atoms with E-state index in [9.17, 15) is 10.2 Å². The van der Waals surface area contributed by atoms with Crippen molar-refractivity contribution in [3.05, 3.63) is 0 Å². The van der Waals surface area contributed by atoms with Crippen LogP contribution in [0.3, 0.4) is 0 Å². The molecule has 0 unspecified atom stereocenters. The lowest BCUT2D eigenvalue weighted by atomic mass is 9.96. The molecule has 0 rings (SSSR count). The van der Waals surface area contributed by atoms with Crippen molar-refractivity contribution in [2.24, 2.45) is 11.8 Å². The summed E-state index contributed by atoms with van der Waals surface area (Å²) in [6.45, 7) is 8.19. The van der Waals surface area contributed by atoms with Crippen LogP contribution < -0.4 is 0 Å². The Bertz CT molecular complexity index is 96.4. The van der Waals surface area contributed by atoms with Crippen molar-refractivity contribution in [1.29, 1.82) is 0 Å². The van der Waals surface area contributed by atoms with Gasteiger partial charge in [0.1, 0.15) is 0 Å². The van der Waals surface area contributed by atoms with Gasteiger partial charge in [-0.2, -0.15) is 0 Å². The lowest BCUT2D eigenvalue weighted by Gasteiger charge is -2.20. The summed E-state index contributed by atoms with van der Waals surface area (Å²) in [6, 6.07) is 0. The summed E-state index contributed by atoms with van der Waals surface area (Å²) < 4.78 is 0. The summed E-state index contributed by atoms with van der Waals surface area (Å²) in [5.74, 6) is 0.892. The molecular formula is C10H22O2. The molecule has 0 saturated heterocycles. The number of aliphatic hydroxyl groups is 2. The fourth-order valence-electron chi connectivity index (χ4n) is 1.28. The highest BCUT2D eigenvalue weighted by molar-refractivity contribution is 4.69. The minimum Gasteiger partial charge on any atom is -0.390 e. The highest BCUT2D eigenvalue weighted by Gasteiger charge is 2.18. The third-order valence-corrected chi connectivity index (χ3v) is 1.87. The van der Waals surface area contributed by atoms with E-state index in [-0.39, 0.29) is 0 Å². The molecule has 0 saturated carbocycles. The van der Waals surface area contributed by atoms with Gasteiger partial charge in [0.05, 0.1) is 12.2 Å². The number of aliphatic hydroxyl groups excluding tert-OH is 2. The van der Waals surface area contributed by atoms with E-state index in [0.29, 0.717) is 24.7 Å². The maximum Gasteiger partial charge on any atom is 0.0801 e. The molecule has 0 bridgehead atoms. The van der Waals surface area contributed by atoms with Gasteiger partial charge in [-0.1, -0.05) is 27.7 Å². The molecule has 0 spiro atoms. The maximum absolute atomic E-state index is 9.49. The summed E-state index contributed by atoms with van der Waals surface area (Å²) in [7, 11) is 0. The zero-order valence-corrected chi connectivity index (χ0v) is 8.62. The van der Waals surface area contributed by atoms with Crippen LogP contribution in [0.15, 0.2) is 0 Å². The normalized spacial score (nSPS) is 17.0. The molecule has 0 aliphatic rings. The van der Waals surface area contributed by atoms with Crippen LogP contribution in [0.4, 0.5) is 0 Å². The van der Waals surface area contributed by atoms with Crippen LogP contribution in [0.25, 0.3) is 0 Å². The van der Waals surface area contributed by atoms with E-state index in [1.165, 1.54) is 0 Å². The predicted molar refractivity (Wildman–Crippen MR) is 50.9 cm³/mol. The second kappa shape index (κ2) is 5.55. The lowest BCUT2D eigenvalue weighted by Crippen LogP contribution is -2.28. The average molecular weight is 174 g/mol. The molecular weight excluding hydrogens is 152 g/mol. The van der Waals surface area contributed by atoms with Crippen molar-refractivity contribution in [2.45, 2.75) is 52.7 Å². The highest BCUT2D eigenvalue weighted by Crippen LogP contribution is 2.13. The van der Waals surface area contributed by atoms with Gasteiger partial charge >= 0.3 is 0 Å². The van der Waals surface area contributed by atoms with Crippen LogP contribution in [0, 0.1) is 11.8 Å². The third kappa shape index (κ3) is 5.56. The van der Waals surface area contributed by atoms with Crippen molar-refractivity contribution in [3.8, 4) is 0 Å². The van der Waals surface area contributed by atoms with Gasteiger partial charge in [0.2, 0.25) is 0 Å². The van der Waals surface area contributed by atoms with Gasteiger partial charge in [0.25, 0.3) is 0 Å². The molecule has 74 valence electrons. The van der Waals surface area contributed by atoms with Gasteiger partial charge in [-0.25, -0.2) is 0 Å². The van der Waals surface area contributed by atoms with Gasteiger partial charge in [-0.05, 0) is 24.7 Å². The summed E-state index contributed by atoms with van der Waals surface area (Å²) in [5, 5.41) is 19.0. The van der Waals surface area contributed by atoms with Gasteiger partial charge in [0, 0.05) is 0 Å². The van der Waals surface area contributed by atoms with Crippen LogP contribution in [-0.2, 0) is 0 Å². The molecule has 2 heteroatoms. The molecule has 0 radical (unpaired) electrons. The molecule has 2 N–H and O–H groups in total. The summed E-state index contributed by atoms with van der Waals surface area (Å²) in [6.07, 6.45) is 0.279. The van der Waals surface area contributed by atoms with Crippen molar-refractivity contribution in [2.75, 3.05) is 0 Å². The van der Waals surface area contributed by atoms with Crippen molar-refractivity contribution >= 4 is 0 Å². The fraction of sp³-hybridized carbons (Fsp3) is 1.00. The first kappa shape index (κ1) is 11.9. The molecule has 2 atom stereocenters. The molecule has 0 aromatic carbocycles. The van der Waals surface area contributed by atoms with E-state index in [0.717, 1.165) is 0 Å². The van der Waals surface area contributed by atoms with Crippen LogP contribution in [0.1, 0.15) is 40.5 Å². The molecule has 0 amide bonds. The van der Waals surface area contributed by atoms with Crippen LogP contribution >= 0.6 is 0 Å². The Morgan fingerprint density at radius 3 is 1.17 bits per heavy atom. The first-order chi connectivity index (χ1) is 5.43. The SMILES string of the molecule is CC(C)C[C@@H](O)[C@@H](O)CC(C)C. The first-order valence-electron chi connectivity index (χ1n) is 4.79. The Morgan fingerprint density at radius 2 is 1.00 bits per heavy atom. The van der Waals surface area contributed by atoms with Gasteiger partial charge in [-0.3, -0.25) is 0 Å². The average Bonchev–Trinajstić information content (AvgIpc) is 1.84. The van der Waals surface area contributed by atoms with Crippen LogP contribution in [0.5, 0.6) is 0 Å². The summed E-state index contributed by atoms with van der Waals surface area (Å²) in [4.78, 5) is 0. The second-order valence-corrected chi connectivity index (χ2v) is 4.39. The quantitative estimate of drug-likeness (QED) is 0.667. The van der Waals surface area contributed by atoms with E-state index in [1.54, 1.807) is 0 Å². The molecule has 0 aliphatic carbocycles. The highest BCUT2D eigenvalue weighted by atomic mass is 16.3. The lowest BCUT2D eigenvalue weighted by molar-refractivity contribution is -0.00333. The zero-order chi connectivity index (χ0) is 9.72. The Kier molecular flexibility index (Phi) is 5.51. The minimum absolute atomic E-state index is 0.446. The van der Waals surface area contributed by atoms with Crippen LogP contribution in [0.2, 0.25) is 0 Å². The van der Waals surface area contributed by atoms with Crippen LogP contribution in [-0.4, -0.2) is 22.4 Å². The van der Waals surface area contributed by atoms with Crippen molar-refractivity contribution in [3.63, 3.8) is 0 Å². The predicted octanol–water partition coefficient (Wildman–Crippen LogP) is 1.80. The largest absolute Gasteiger partial charge is 0.390 e. The molecule has 0 aliphatic heterocycles. The summed E-state index contributed by atoms with van der Waals surface area (Å²) in [5.41, 5.74) is 0. The van der Waals surface area contributed by atoms with Gasteiger partial charge in [-0.15, -0.1) is 0 Å². The van der Waals surface area contributed by atoms with E-state index in [2.05, 4.69) is 0 Å². The topological polar surface area (TPSA) is 40.5 Å². The Labute approximate surface area is 75.6 Å². The molecule has 12 heavy (non-hydrogen) atoms. The fourth-order valence-corrected chi connectivity index (χ4v) is 1.28. The van der Waals surface area contributed by atoms with E-state index in [1.807, 2.05) is 27.7 Å². The first-order valence-corrected chi connectivity index (χ1v) is 4.79. The summed E-state index contributed by atoms with van der Waals surface area (Å²) >= 11 is 0. The molecule has 0 aromatic heterocycles. The molecule has 0 heterocycles. The standard InChI is InChI=1S/C10H22O2/c1-7(2)5-9(11)10(12)6-8(3)4/h7-12H,5-6H2,1-4H3/t9-,10+. The Hall–Kier alpha value is -0.0800. The monoisotopic (exact) mass is 174 g/mol. The van der Waals surface area contributed by atoms with E-state index >= 15 is 0 Å². The van der Waals surface area contributed by atoms with Gasteiger partial charge < -0.3 is 10.2 Å². The Morgan fingerprint density at radius 1 is 0.750 bits per heavy atom. The number of rotatable bonds is 5. The van der Waals surface area contributed by atoms with Gasteiger partial charge in [0.15, 0.2) is 0 Å². The maximum atomic E-state index is 9.49. The molecule has 0 aromatic rings.